The molecular weight excluding hydrogens is 192 g/mol. The van der Waals surface area contributed by atoms with Gasteiger partial charge in [-0.25, -0.2) is 0 Å². The molecule has 4 nitrogen and oxygen atoms in total. The number of methoxy groups -OCH3 is 1. The van der Waals surface area contributed by atoms with Gasteiger partial charge in [0.1, 0.15) is 0 Å². The van der Waals surface area contributed by atoms with E-state index in [4.69, 9.17) is 4.74 Å². The van der Waals surface area contributed by atoms with Crippen LogP contribution in [0.15, 0.2) is 0 Å². The van der Waals surface area contributed by atoms with Crippen molar-refractivity contribution in [2.45, 2.75) is 26.4 Å². The Hall–Kier alpha value is -0.130. The van der Waals surface area contributed by atoms with E-state index in [9.17, 15) is 8.42 Å². The van der Waals surface area contributed by atoms with Gasteiger partial charge in [0.25, 0.3) is 10.1 Å². The summed E-state index contributed by atoms with van der Waals surface area (Å²) in [5.41, 5.74) is 0. The Labute approximate surface area is 80.4 Å². The van der Waals surface area contributed by atoms with Crippen molar-refractivity contribution in [1.29, 1.82) is 0 Å². The second-order valence-corrected chi connectivity index (χ2v) is 4.79. The highest BCUT2D eigenvalue weighted by Crippen LogP contribution is 2.11. The summed E-state index contributed by atoms with van der Waals surface area (Å²) in [6, 6.07) is 0. The fourth-order valence-corrected chi connectivity index (χ4v) is 1.30. The Morgan fingerprint density at radius 3 is 2.23 bits per heavy atom. The molecule has 0 saturated heterocycles. The molecule has 2 unspecified atom stereocenters. The largest absolute Gasteiger partial charge is 0.379 e. The maximum atomic E-state index is 10.7. The highest BCUT2D eigenvalue weighted by Gasteiger charge is 2.17. The Bertz CT molecular complexity index is 222. The Morgan fingerprint density at radius 1 is 1.38 bits per heavy atom. The molecule has 0 heterocycles. The van der Waals surface area contributed by atoms with Gasteiger partial charge in [0.15, 0.2) is 0 Å². The first-order valence-corrected chi connectivity index (χ1v) is 6.09. The number of hydrogen-bond acceptors (Lipinski definition) is 4. The molecule has 2 atom stereocenters. The van der Waals surface area contributed by atoms with Gasteiger partial charge in [0.05, 0.1) is 19.0 Å². The molecule has 80 valence electrons. The van der Waals surface area contributed by atoms with Crippen molar-refractivity contribution in [2.75, 3.05) is 20.0 Å². The normalized spacial score (nSPS) is 16.9. The van der Waals surface area contributed by atoms with Crippen molar-refractivity contribution in [1.82, 2.24) is 0 Å². The van der Waals surface area contributed by atoms with Crippen molar-refractivity contribution in [3.05, 3.63) is 0 Å². The highest BCUT2D eigenvalue weighted by atomic mass is 32.2. The van der Waals surface area contributed by atoms with Gasteiger partial charge in [-0.3, -0.25) is 4.18 Å². The van der Waals surface area contributed by atoms with Gasteiger partial charge in [-0.1, -0.05) is 20.3 Å². The Balaban J connectivity index is 4.00. The van der Waals surface area contributed by atoms with E-state index in [1.54, 1.807) is 7.11 Å². The van der Waals surface area contributed by atoms with Gasteiger partial charge in [-0.2, -0.15) is 8.42 Å². The molecule has 5 heteroatoms. The second-order valence-electron chi connectivity index (χ2n) is 3.15. The molecule has 0 aromatic carbocycles. The molecular formula is C8H18O4S. The zero-order valence-electron chi connectivity index (χ0n) is 8.61. The molecule has 0 spiro atoms. The van der Waals surface area contributed by atoms with Gasteiger partial charge < -0.3 is 4.74 Å². The third kappa shape index (κ3) is 6.01. The van der Waals surface area contributed by atoms with Crippen LogP contribution in [-0.4, -0.2) is 34.5 Å². The zero-order chi connectivity index (χ0) is 10.5. The van der Waals surface area contributed by atoms with Gasteiger partial charge in [-0.15, -0.1) is 0 Å². The molecule has 0 fully saturated rings. The molecule has 0 aliphatic heterocycles. The predicted octanol–water partition coefficient (Wildman–Crippen LogP) is 1.02. The van der Waals surface area contributed by atoms with E-state index in [1.165, 1.54) is 0 Å². The summed E-state index contributed by atoms with van der Waals surface area (Å²) in [7, 11) is -1.79. The predicted molar refractivity (Wildman–Crippen MR) is 51.0 cm³/mol. The van der Waals surface area contributed by atoms with Gasteiger partial charge in [0, 0.05) is 7.11 Å². The van der Waals surface area contributed by atoms with Crippen molar-refractivity contribution < 1.29 is 17.3 Å². The van der Waals surface area contributed by atoms with Crippen molar-refractivity contribution in [3.8, 4) is 0 Å². The lowest BCUT2D eigenvalue weighted by Crippen LogP contribution is -2.27. The topological polar surface area (TPSA) is 52.6 Å². The summed E-state index contributed by atoms with van der Waals surface area (Å²) in [5.74, 6) is 0.298. The zero-order valence-corrected chi connectivity index (χ0v) is 9.43. The van der Waals surface area contributed by atoms with Crippen LogP contribution < -0.4 is 0 Å². The van der Waals surface area contributed by atoms with Crippen LogP contribution in [0.1, 0.15) is 20.3 Å². The molecule has 0 radical (unpaired) electrons. The first kappa shape index (κ1) is 12.9. The number of ether oxygens (including phenoxy) is 1. The van der Waals surface area contributed by atoms with Gasteiger partial charge in [0.2, 0.25) is 0 Å². The van der Waals surface area contributed by atoms with E-state index in [0.717, 1.165) is 12.7 Å². The smallest absolute Gasteiger partial charge is 0.264 e. The molecule has 0 aliphatic rings. The van der Waals surface area contributed by atoms with Crippen LogP contribution in [0.2, 0.25) is 0 Å². The van der Waals surface area contributed by atoms with Crippen LogP contribution >= 0.6 is 0 Å². The minimum atomic E-state index is -3.35. The molecule has 0 aromatic heterocycles. The summed E-state index contributed by atoms with van der Waals surface area (Å²) < 4.78 is 31.1. The van der Waals surface area contributed by atoms with E-state index < -0.39 is 10.1 Å². The van der Waals surface area contributed by atoms with Crippen LogP contribution in [0.4, 0.5) is 0 Å². The number of hydrogen-bond donors (Lipinski definition) is 0. The average molecular weight is 210 g/mol. The molecule has 0 rings (SSSR count). The lowest BCUT2D eigenvalue weighted by molar-refractivity contribution is 0.0218. The highest BCUT2D eigenvalue weighted by molar-refractivity contribution is 7.85. The van der Waals surface area contributed by atoms with Gasteiger partial charge >= 0.3 is 0 Å². The number of rotatable bonds is 6. The fraction of sp³-hybridized carbons (Fsp3) is 1.00. The third-order valence-corrected chi connectivity index (χ3v) is 2.59. The Kier molecular flexibility index (Phi) is 5.51. The summed E-state index contributed by atoms with van der Waals surface area (Å²) in [5, 5.41) is 0. The van der Waals surface area contributed by atoms with Crippen LogP contribution in [0.25, 0.3) is 0 Å². The van der Waals surface area contributed by atoms with Crippen molar-refractivity contribution in [2.24, 2.45) is 5.92 Å². The van der Waals surface area contributed by atoms with Crippen molar-refractivity contribution in [3.63, 3.8) is 0 Å². The van der Waals surface area contributed by atoms with E-state index >= 15 is 0 Å². The molecule has 13 heavy (non-hydrogen) atoms. The molecule has 0 aromatic rings. The van der Waals surface area contributed by atoms with Gasteiger partial charge in [-0.05, 0) is 5.92 Å². The van der Waals surface area contributed by atoms with E-state index in [1.807, 2.05) is 13.8 Å². The molecule has 0 amide bonds. The molecule has 0 N–H and O–H groups in total. The van der Waals surface area contributed by atoms with Crippen LogP contribution in [0.3, 0.4) is 0 Å². The van der Waals surface area contributed by atoms with Crippen LogP contribution in [0.5, 0.6) is 0 Å². The monoisotopic (exact) mass is 210 g/mol. The standard InChI is InChI=1S/C8H18O4S/c1-5-7(2)8(11-3)6-12-13(4,9)10/h7-8H,5-6H2,1-4H3. The summed E-state index contributed by atoms with van der Waals surface area (Å²) in [4.78, 5) is 0. The first-order chi connectivity index (χ1) is 5.90. The SMILES string of the molecule is CCC(C)C(COS(C)(=O)=O)OC. The third-order valence-electron chi connectivity index (χ3n) is 2.03. The average Bonchev–Trinajstić information content (AvgIpc) is 2.03. The molecule has 0 bridgehead atoms. The molecule has 0 saturated carbocycles. The lowest BCUT2D eigenvalue weighted by Gasteiger charge is -2.20. The summed E-state index contributed by atoms with van der Waals surface area (Å²) in [6.07, 6.45) is 1.82. The maximum absolute atomic E-state index is 10.7. The minimum Gasteiger partial charge on any atom is -0.379 e. The first-order valence-electron chi connectivity index (χ1n) is 4.28. The molecule has 0 aliphatic carbocycles. The van der Waals surface area contributed by atoms with E-state index in [-0.39, 0.29) is 12.7 Å². The quantitative estimate of drug-likeness (QED) is 0.614. The summed E-state index contributed by atoms with van der Waals surface area (Å²) in [6.45, 7) is 4.13. The minimum absolute atomic E-state index is 0.102. The summed E-state index contributed by atoms with van der Waals surface area (Å²) >= 11 is 0. The fourth-order valence-electron chi connectivity index (χ4n) is 0.918. The van der Waals surface area contributed by atoms with Crippen LogP contribution in [0, 0.1) is 5.92 Å². The Morgan fingerprint density at radius 2 is 1.92 bits per heavy atom. The second kappa shape index (κ2) is 5.57. The van der Waals surface area contributed by atoms with E-state index in [0.29, 0.717) is 5.92 Å². The van der Waals surface area contributed by atoms with Crippen LogP contribution in [-0.2, 0) is 19.0 Å². The lowest BCUT2D eigenvalue weighted by atomic mass is 10.0. The maximum Gasteiger partial charge on any atom is 0.264 e. The van der Waals surface area contributed by atoms with E-state index in [2.05, 4.69) is 4.18 Å². The van der Waals surface area contributed by atoms with Crippen molar-refractivity contribution >= 4 is 10.1 Å².